The third-order valence-corrected chi connectivity index (χ3v) is 4.37. The summed E-state index contributed by atoms with van der Waals surface area (Å²) in [5.41, 5.74) is 2.47. The predicted molar refractivity (Wildman–Crippen MR) is 106 cm³/mol. The Morgan fingerprint density at radius 2 is 1.83 bits per heavy atom. The molecule has 0 radical (unpaired) electrons. The first-order chi connectivity index (χ1) is 14.1. The largest absolute Gasteiger partial charge is 0.497 e. The van der Waals surface area contributed by atoms with Gasteiger partial charge in [-0.1, -0.05) is 12.1 Å². The molecule has 2 aromatic heterocycles. The van der Waals surface area contributed by atoms with Crippen molar-refractivity contribution in [2.24, 2.45) is 0 Å². The predicted octanol–water partition coefficient (Wildman–Crippen LogP) is 3.80. The second-order valence-corrected chi connectivity index (χ2v) is 6.15. The number of hydrogen-bond acceptors (Lipinski definition) is 5. The topological polar surface area (TPSA) is 77.8 Å². The summed E-state index contributed by atoms with van der Waals surface area (Å²) in [5.74, 6) is 0.415. The minimum Gasteiger partial charge on any atom is -0.497 e. The molecule has 0 saturated carbocycles. The minimum atomic E-state index is -0.442. The second-order valence-electron chi connectivity index (χ2n) is 6.15. The number of anilines is 1. The highest BCUT2D eigenvalue weighted by atomic mass is 19.1. The molecule has 0 atom stereocenters. The van der Waals surface area contributed by atoms with E-state index in [0.717, 1.165) is 11.1 Å². The molecule has 1 amide bonds. The molecule has 0 bridgehead atoms. The quantitative estimate of drug-likeness (QED) is 0.559. The SMILES string of the molecule is COc1cccc(-c2ccc(OC)n3nc(NC(=O)c4ccc(F)cc4)nc23)c1. The lowest BCUT2D eigenvalue weighted by Crippen LogP contribution is -2.13. The van der Waals surface area contributed by atoms with Crippen LogP contribution in [0.2, 0.25) is 0 Å². The smallest absolute Gasteiger partial charge is 0.258 e. The Kier molecular flexibility index (Phi) is 4.82. The fourth-order valence-corrected chi connectivity index (χ4v) is 2.94. The summed E-state index contributed by atoms with van der Waals surface area (Å²) in [6, 6.07) is 16.4. The number of ether oxygens (including phenoxy) is 2. The number of benzene rings is 2. The lowest BCUT2D eigenvalue weighted by molar-refractivity contribution is 0.102. The van der Waals surface area contributed by atoms with Crippen molar-refractivity contribution in [2.45, 2.75) is 0 Å². The number of carbonyl (C=O) groups is 1. The van der Waals surface area contributed by atoms with Crippen LogP contribution in [0.4, 0.5) is 10.3 Å². The Morgan fingerprint density at radius 3 is 2.55 bits per heavy atom. The zero-order chi connectivity index (χ0) is 20.4. The Labute approximate surface area is 165 Å². The summed E-state index contributed by atoms with van der Waals surface area (Å²) < 4.78 is 25.2. The fourth-order valence-electron chi connectivity index (χ4n) is 2.94. The van der Waals surface area contributed by atoms with Crippen LogP contribution in [-0.4, -0.2) is 34.7 Å². The second kappa shape index (κ2) is 7.59. The maximum Gasteiger partial charge on any atom is 0.258 e. The van der Waals surface area contributed by atoms with Crippen molar-refractivity contribution in [2.75, 3.05) is 19.5 Å². The van der Waals surface area contributed by atoms with Crippen LogP contribution in [-0.2, 0) is 0 Å². The summed E-state index contributed by atoms with van der Waals surface area (Å²) in [6.07, 6.45) is 0. The number of fused-ring (bicyclic) bond motifs is 1. The van der Waals surface area contributed by atoms with Gasteiger partial charge < -0.3 is 9.47 Å². The maximum absolute atomic E-state index is 13.1. The molecule has 29 heavy (non-hydrogen) atoms. The van der Waals surface area contributed by atoms with Crippen molar-refractivity contribution in [1.82, 2.24) is 14.6 Å². The molecule has 0 aliphatic carbocycles. The van der Waals surface area contributed by atoms with Gasteiger partial charge in [0, 0.05) is 17.2 Å². The Balaban J connectivity index is 1.75. The molecular formula is C21H17FN4O3. The zero-order valence-corrected chi connectivity index (χ0v) is 15.7. The Bertz CT molecular complexity index is 1190. The van der Waals surface area contributed by atoms with E-state index in [1.54, 1.807) is 13.2 Å². The molecule has 146 valence electrons. The third-order valence-electron chi connectivity index (χ3n) is 4.37. The molecule has 0 saturated heterocycles. The molecule has 1 N–H and O–H groups in total. The molecule has 2 heterocycles. The number of hydrogen-bond donors (Lipinski definition) is 1. The lowest BCUT2D eigenvalue weighted by Gasteiger charge is -2.08. The van der Waals surface area contributed by atoms with E-state index in [9.17, 15) is 9.18 Å². The lowest BCUT2D eigenvalue weighted by atomic mass is 10.1. The molecule has 2 aromatic carbocycles. The first kappa shape index (κ1) is 18.4. The van der Waals surface area contributed by atoms with E-state index in [1.807, 2.05) is 30.3 Å². The molecule has 0 fully saturated rings. The molecule has 4 rings (SSSR count). The van der Waals surface area contributed by atoms with Gasteiger partial charge in [0.1, 0.15) is 11.6 Å². The average molecular weight is 392 g/mol. The number of carbonyl (C=O) groups excluding carboxylic acids is 1. The summed E-state index contributed by atoms with van der Waals surface area (Å²) in [7, 11) is 3.13. The normalized spacial score (nSPS) is 10.7. The van der Waals surface area contributed by atoms with Crippen LogP contribution < -0.4 is 14.8 Å². The van der Waals surface area contributed by atoms with Gasteiger partial charge in [-0.25, -0.2) is 4.39 Å². The van der Waals surface area contributed by atoms with E-state index >= 15 is 0 Å². The van der Waals surface area contributed by atoms with Gasteiger partial charge in [0.2, 0.25) is 11.8 Å². The van der Waals surface area contributed by atoms with Gasteiger partial charge >= 0.3 is 0 Å². The molecular weight excluding hydrogens is 375 g/mol. The van der Waals surface area contributed by atoms with Crippen LogP contribution >= 0.6 is 0 Å². The van der Waals surface area contributed by atoms with Crippen molar-refractivity contribution in [3.05, 3.63) is 72.0 Å². The summed E-state index contributed by atoms with van der Waals surface area (Å²) >= 11 is 0. The van der Waals surface area contributed by atoms with Crippen LogP contribution in [0.1, 0.15) is 10.4 Å². The van der Waals surface area contributed by atoms with E-state index in [2.05, 4.69) is 15.4 Å². The molecule has 4 aromatic rings. The van der Waals surface area contributed by atoms with Crippen molar-refractivity contribution in [3.8, 4) is 22.8 Å². The molecule has 8 heteroatoms. The third kappa shape index (κ3) is 3.60. The maximum atomic E-state index is 13.1. The fraction of sp³-hybridized carbons (Fsp3) is 0.0952. The van der Waals surface area contributed by atoms with E-state index < -0.39 is 11.7 Å². The first-order valence-electron chi connectivity index (χ1n) is 8.74. The van der Waals surface area contributed by atoms with Gasteiger partial charge in [0.25, 0.3) is 5.91 Å². The number of aromatic nitrogens is 3. The molecule has 0 spiro atoms. The molecule has 0 aliphatic rings. The van der Waals surface area contributed by atoms with Crippen LogP contribution in [0.15, 0.2) is 60.7 Å². The van der Waals surface area contributed by atoms with Crippen LogP contribution in [0.25, 0.3) is 16.8 Å². The first-order valence-corrected chi connectivity index (χ1v) is 8.74. The zero-order valence-electron chi connectivity index (χ0n) is 15.7. The van der Waals surface area contributed by atoms with Crippen molar-refractivity contribution in [1.29, 1.82) is 0 Å². The average Bonchev–Trinajstić information content (AvgIpc) is 3.17. The number of halogens is 1. The number of methoxy groups -OCH3 is 2. The highest BCUT2D eigenvalue weighted by molar-refractivity contribution is 6.03. The number of rotatable bonds is 5. The van der Waals surface area contributed by atoms with E-state index in [0.29, 0.717) is 22.8 Å². The minimum absolute atomic E-state index is 0.105. The summed E-state index contributed by atoms with van der Waals surface area (Å²) in [4.78, 5) is 16.9. The van der Waals surface area contributed by atoms with Crippen molar-refractivity contribution < 1.29 is 18.7 Å². The van der Waals surface area contributed by atoms with Gasteiger partial charge in [-0.15, -0.1) is 5.10 Å². The molecule has 0 unspecified atom stereocenters. The van der Waals surface area contributed by atoms with Crippen molar-refractivity contribution >= 4 is 17.5 Å². The van der Waals surface area contributed by atoms with E-state index in [1.165, 1.54) is 35.9 Å². The van der Waals surface area contributed by atoms with Crippen LogP contribution in [0.3, 0.4) is 0 Å². The molecule has 7 nitrogen and oxygen atoms in total. The monoisotopic (exact) mass is 392 g/mol. The van der Waals surface area contributed by atoms with Gasteiger partial charge in [0.05, 0.1) is 14.2 Å². The standard InChI is InChI=1S/C21H17FN4O3/c1-28-16-5-3-4-14(12-16)17-10-11-18(29-2)26-19(17)23-21(25-26)24-20(27)13-6-8-15(22)9-7-13/h3-12H,1-2H3,(H,24,25,27). The van der Waals surface area contributed by atoms with Crippen LogP contribution in [0.5, 0.6) is 11.6 Å². The van der Waals surface area contributed by atoms with Gasteiger partial charge in [-0.3, -0.25) is 10.1 Å². The highest BCUT2D eigenvalue weighted by Crippen LogP contribution is 2.30. The van der Waals surface area contributed by atoms with E-state index in [4.69, 9.17) is 9.47 Å². The number of nitrogens with zero attached hydrogens (tertiary/aromatic N) is 3. The Morgan fingerprint density at radius 1 is 1.03 bits per heavy atom. The molecule has 0 aliphatic heterocycles. The van der Waals surface area contributed by atoms with Crippen molar-refractivity contribution in [3.63, 3.8) is 0 Å². The highest BCUT2D eigenvalue weighted by Gasteiger charge is 2.16. The van der Waals surface area contributed by atoms with E-state index in [-0.39, 0.29) is 5.95 Å². The van der Waals surface area contributed by atoms with Gasteiger partial charge in [-0.05, 0) is 48.0 Å². The van der Waals surface area contributed by atoms with Gasteiger partial charge in [-0.2, -0.15) is 9.50 Å². The number of amides is 1. The summed E-state index contributed by atoms with van der Waals surface area (Å²) in [5, 5.41) is 6.97. The van der Waals surface area contributed by atoms with Crippen LogP contribution in [0, 0.1) is 5.82 Å². The summed E-state index contributed by atoms with van der Waals surface area (Å²) in [6.45, 7) is 0. The van der Waals surface area contributed by atoms with Gasteiger partial charge in [0.15, 0.2) is 5.65 Å². The Hall–Kier alpha value is -3.94. The number of nitrogens with one attached hydrogen (secondary N) is 1. The number of pyridine rings is 1.